The van der Waals surface area contributed by atoms with Crippen LogP contribution in [-0.2, 0) is 0 Å². The normalized spacial score (nSPS) is 10.8. The first-order chi connectivity index (χ1) is 5.70. The van der Waals surface area contributed by atoms with Crippen LogP contribution in [0.15, 0.2) is 22.8 Å². The van der Waals surface area contributed by atoms with E-state index >= 15 is 0 Å². The molecule has 2 nitrogen and oxygen atoms in total. The summed E-state index contributed by atoms with van der Waals surface area (Å²) in [6, 6.07) is 3.58. The van der Waals surface area contributed by atoms with E-state index in [0.717, 1.165) is 16.9 Å². The number of nitrogens with two attached hydrogens (primary N) is 1. The molecule has 0 spiro atoms. The number of hydrogen-bond donors (Lipinski definition) is 1. The number of rotatable bonds is 0. The standard InChI is InChI=1S/C9H8ClNO/c1-5-4-7-8(9(5)11)6(10)2-3-12-7/h2-4H,11H2,1H3. The molecule has 1 aliphatic heterocycles. The van der Waals surface area contributed by atoms with Crippen LogP contribution in [-0.4, -0.2) is 0 Å². The van der Waals surface area contributed by atoms with Crippen molar-refractivity contribution in [1.29, 1.82) is 0 Å². The first kappa shape index (κ1) is 7.50. The van der Waals surface area contributed by atoms with Crippen LogP contribution in [0.5, 0.6) is 0 Å². The Morgan fingerprint density at radius 1 is 1.50 bits per heavy atom. The predicted molar refractivity (Wildman–Crippen MR) is 49.5 cm³/mol. The molecule has 2 rings (SSSR count). The third-order valence-electron chi connectivity index (χ3n) is 1.94. The summed E-state index contributed by atoms with van der Waals surface area (Å²) in [4.78, 5) is 0. The highest BCUT2D eigenvalue weighted by molar-refractivity contribution is 6.34. The lowest BCUT2D eigenvalue weighted by Crippen LogP contribution is -1.86. The molecule has 0 atom stereocenters. The zero-order valence-electron chi connectivity index (χ0n) is 6.60. The lowest BCUT2D eigenvalue weighted by atomic mass is 10.2. The van der Waals surface area contributed by atoms with Crippen LogP contribution >= 0.6 is 11.6 Å². The Balaban J connectivity index is 2.85. The summed E-state index contributed by atoms with van der Waals surface area (Å²) in [6.45, 7) is 1.93. The Labute approximate surface area is 75.3 Å². The van der Waals surface area contributed by atoms with Gasteiger partial charge in [0.05, 0.1) is 16.8 Å². The second-order valence-electron chi connectivity index (χ2n) is 2.75. The van der Waals surface area contributed by atoms with Gasteiger partial charge in [-0.3, -0.25) is 0 Å². The van der Waals surface area contributed by atoms with Crippen LogP contribution < -0.4 is 5.73 Å². The first-order valence-corrected chi connectivity index (χ1v) is 3.99. The van der Waals surface area contributed by atoms with Gasteiger partial charge in [0.15, 0.2) is 0 Å². The van der Waals surface area contributed by atoms with E-state index in [1.165, 1.54) is 0 Å². The van der Waals surface area contributed by atoms with Crippen molar-refractivity contribution in [1.82, 2.24) is 0 Å². The van der Waals surface area contributed by atoms with Crippen LogP contribution in [0.4, 0.5) is 5.69 Å². The lowest BCUT2D eigenvalue weighted by molar-refractivity contribution is 0.567. The maximum absolute atomic E-state index is 5.94. The number of halogens is 1. The molecule has 2 N–H and O–H groups in total. The smallest absolute Gasteiger partial charge is 0.137 e. The molecule has 0 radical (unpaired) electrons. The highest BCUT2D eigenvalue weighted by Gasteiger charge is 2.15. The third kappa shape index (κ3) is 0.883. The molecule has 0 aromatic rings. The second-order valence-corrected chi connectivity index (χ2v) is 3.16. The maximum atomic E-state index is 5.94. The van der Waals surface area contributed by atoms with Crippen LogP contribution in [0.2, 0.25) is 5.02 Å². The summed E-state index contributed by atoms with van der Waals surface area (Å²) in [5.74, 6) is 0.748. The van der Waals surface area contributed by atoms with Gasteiger partial charge in [-0.2, -0.15) is 0 Å². The molecule has 62 valence electrons. The Bertz CT molecular complexity index is 394. The number of aryl methyl sites for hydroxylation is 1. The summed E-state index contributed by atoms with van der Waals surface area (Å²) < 4.78 is 5.23. The van der Waals surface area contributed by atoms with Crippen molar-refractivity contribution in [2.45, 2.75) is 6.92 Å². The highest BCUT2D eigenvalue weighted by Crippen LogP contribution is 2.38. The predicted octanol–water partition coefficient (Wildman–Crippen LogP) is 2.93. The fourth-order valence-corrected chi connectivity index (χ4v) is 1.51. The minimum Gasteiger partial charge on any atom is -0.464 e. The summed E-state index contributed by atoms with van der Waals surface area (Å²) in [7, 11) is 0. The van der Waals surface area contributed by atoms with Gasteiger partial charge in [-0.25, -0.2) is 0 Å². The topological polar surface area (TPSA) is 39.2 Å². The first-order valence-electron chi connectivity index (χ1n) is 3.62. The van der Waals surface area contributed by atoms with Crippen molar-refractivity contribution in [2.75, 3.05) is 5.73 Å². The van der Waals surface area contributed by atoms with E-state index in [1.54, 1.807) is 12.3 Å². The van der Waals surface area contributed by atoms with Crippen molar-refractivity contribution in [3.63, 3.8) is 0 Å². The van der Waals surface area contributed by atoms with Gasteiger partial charge in [-0.15, -0.1) is 0 Å². The number of anilines is 1. The molecule has 1 heterocycles. The van der Waals surface area contributed by atoms with Crippen molar-refractivity contribution in [3.8, 4) is 11.3 Å². The molecule has 2 aliphatic rings. The molecular formula is C9H8ClNO. The van der Waals surface area contributed by atoms with Gasteiger partial charge in [-0.05, 0) is 24.6 Å². The Morgan fingerprint density at radius 2 is 2.25 bits per heavy atom. The van der Waals surface area contributed by atoms with Gasteiger partial charge in [0.2, 0.25) is 0 Å². The minimum atomic E-state index is 0.641. The monoisotopic (exact) mass is 181 g/mol. The molecule has 0 aromatic heterocycles. The van der Waals surface area contributed by atoms with E-state index in [0.29, 0.717) is 10.7 Å². The van der Waals surface area contributed by atoms with E-state index in [4.69, 9.17) is 21.8 Å². The van der Waals surface area contributed by atoms with Crippen molar-refractivity contribution in [3.05, 3.63) is 29.0 Å². The fraction of sp³-hybridized carbons (Fsp3) is 0.111. The van der Waals surface area contributed by atoms with E-state index in [9.17, 15) is 0 Å². The van der Waals surface area contributed by atoms with E-state index in [-0.39, 0.29) is 0 Å². The van der Waals surface area contributed by atoms with Crippen molar-refractivity contribution < 1.29 is 4.42 Å². The summed E-state index contributed by atoms with van der Waals surface area (Å²) in [5.41, 5.74) is 8.32. The molecule has 12 heavy (non-hydrogen) atoms. The molecule has 0 bridgehead atoms. The fourth-order valence-electron chi connectivity index (χ4n) is 1.27. The molecule has 0 saturated carbocycles. The summed E-state index contributed by atoms with van der Waals surface area (Å²) in [5, 5.41) is 0.641. The highest BCUT2D eigenvalue weighted by atomic mass is 35.5. The Kier molecular flexibility index (Phi) is 1.51. The molecule has 0 unspecified atom stereocenters. The summed E-state index contributed by atoms with van der Waals surface area (Å²) in [6.07, 6.45) is 1.56. The van der Waals surface area contributed by atoms with Crippen molar-refractivity contribution >= 4 is 17.3 Å². The molecular weight excluding hydrogens is 174 g/mol. The van der Waals surface area contributed by atoms with Gasteiger partial charge >= 0.3 is 0 Å². The van der Waals surface area contributed by atoms with Crippen LogP contribution in [0, 0.1) is 6.92 Å². The van der Waals surface area contributed by atoms with Gasteiger partial charge in [0, 0.05) is 5.69 Å². The molecule has 1 aliphatic carbocycles. The van der Waals surface area contributed by atoms with Crippen LogP contribution in [0.25, 0.3) is 11.3 Å². The average Bonchev–Trinajstić information content (AvgIpc) is 2.29. The Hall–Kier alpha value is -1.15. The van der Waals surface area contributed by atoms with E-state index < -0.39 is 0 Å². The van der Waals surface area contributed by atoms with Gasteiger partial charge in [0.25, 0.3) is 0 Å². The SMILES string of the molecule is Cc1cc2occc(Cl)c-2c1N. The third-order valence-corrected chi connectivity index (χ3v) is 2.25. The van der Waals surface area contributed by atoms with Crippen LogP contribution in [0.1, 0.15) is 5.56 Å². The zero-order valence-corrected chi connectivity index (χ0v) is 7.35. The quantitative estimate of drug-likeness (QED) is 0.679. The van der Waals surface area contributed by atoms with Gasteiger partial charge < -0.3 is 10.2 Å². The van der Waals surface area contributed by atoms with Gasteiger partial charge in [-0.1, -0.05) is 11.6 Å². The molecule has 0 saturated heterocycles. The number of nitrogen functional groups attached to an aromatic ring is 1. The molecule has 3 heteroatoms. The molecule has 0 aromatic carbocycles. The van der Waals surface area contributed by atoms with Gasteiger partial charge in [0.1, 0.15) is 5.76 Å². The van der Waals surface area contributed by atoms with Crippen molar-refractivity contribution in [2.24, 2.45) is 0 Å². The average molecular weight is 182 g/mol. The lowest BCUT2D eigenvalue weighted by Gasteiger charge is -2.00. The Morgan fingerprint density at radius 3 is 2.92 bits per heavy atom. The van der Waals surface area contributed by atoms with E-state index in [2.05, 4.69) is 0 Å². The maximum Gasteiger partial charge on any atom is 0.137 e. The number of fused-ring (bicyclic) bond motifs is 1. The minimum absolute atomic E-state index is 0.641. The molecule has 0 fully saturated rings. The second kappa shape index (κ2) is 2.42. The largest absolute Gasteiger partial charge is 0.464 e. The van der Waals surface area contributed by atoms with E-state index in [1.807, 2.05) is 13.0 Å². The summed E-state index contributed by atoms with van der Waals surface area (Å²) >= 11 is 5.94. The molecule has 0 amide bonds. The number of hydrogen-bond acceptors (Lipinski definition) is 2. The zero-order chi connectivity index (χ0) is 8.72. The van der Waals surface area contributed by atoms with Crippen LogP contribution in [0.3, 0.4) is 0 Å².